The molecule has 152 valence electrons. The van der Waals surface area contributed by atoms with Crippen molar-refractivity contribution >= 4 is 11.6 Å². The lowest BCUT2D eigenvalue weighted by molar-refractivity contribution is -0.131. The molecule has 2 aliphatic heterocycles. The molecule has 0 bridgehead atoms. The number of para-hydroxylation sites is 1. The number of fused-ring (bicyclic) bond motifs is 1. The smallest absolute Gasteiger partial charge is 0.264 e. The van der Waals surface area contributed by atoms with Gasteiger partial charge in [-0.15, -0.1) is 0 Å². The van der Waals surface area contributed by atoms with E-state index in [1.54, 1.807) is 6.20 Å². The first-order valence-electron chi connectivity index (χ1n) is 9.59. The number of carbonyl (C=O) groups excluding carboxylic acids is 1. The minimum atomic E-state index is -0.641. The van der Waals surface area contributed by atoms with Gasteiger partial charge in [0.1, 0.15) is 5.69 Å². The summed E-state index contributed by atoms with van der Waals surface area (Å²) in [6.45, 7) is 0.507. The summed E-state index contributed by atoms with van der Waals surface area (Å²) in [6.07, 6.45) is 2.02. The molecule has 9 nitrogen and oxygen atoms in total. The van der Waals surface area contributed by atoms with Crippen LogP contribution in [0, 0.1) is 0 Å². The first-order chi connectivity index (χ1) is 14.7. The van der Waals surface area contributed by atoms with E-state index in [0.29, 0.717) is 18.5 Å². The fourth-order valence-corrected chi connectivity index (χ4v) is 3.31. The summed E-state index contributed by atoms with van der Waals surface area (Å²) in [7, 11) is 0. The maximum Gasteiger partial charge on any atom is 0.264 e. The second-order valence-electron chi connectivity index (χ2n) is 7.00. The molecule has 1 N–H and O–H groups in total. The Labute approximate surface area is 172 Å². The van der Waals surface area contributed by atoms with Gasteiger partial charge < -0.3 is 19.6 Å². The number of benzene rings is 2. The molecule has 3 aromatic rings. The Bertz CT molecular complexity index is 1100. The molecular weight excluding hydrogens is 386 g/mol. The first-order valence-corrected chi connectivity index (χ1v) is 9.59. The van der Waals surface area contributed by atoms with Gasteiger partial charge in [0.15, 0.2) is 11.5 Å². The molecular formula is C21H19N5O4. The lowest BCUT2D eigenvalue weighted by atomic mass is 10.0. The molecule has 0 saturated carbocycles. The van der Waals surface area contributed by atoms with E-state index >= 15 is 0 Å². The van der Waals surface area contributed by atoms with Crippen LogP contribution >= 0.6 is 0 Å². The van der Waals surface area contributed by atoms with Crippen LogP contribution in [0.1, 0.15) is 17.7 Å². The maximum atomic E-state index is 12.4. The van der Waals surface area contributed by atoms with Gasteiger partial charge in [0.05, 0.1) is 24.1 Å². The monoisotopic (exact) mass is 405 g/mol. The van der Waals surface area contributed by atoms with Crippen molar-refractivity contribution in [2.45, 2.75) is 25.5 Å². The van der Waals surface area contributed by atoms with Crippen LogP contribution in [0.4, 0.5) is 0 Å². The molecule has 1 atom stereocenters. The Kier molecular flexibility index (Phi) is 4.76. The van der Waals surface area contributed by atoms with Crippen molar-refractivity contribution in [1.82, 2.24) is 20.3 Å². The minimum Gasteiger partial charge on any atom is -0.454 e. The van der Waals surface area contributed by atoms with Gasteiger partial charge in [-0.2, -0.15) is 15.0 Å². The van der Waals surface area contributed by atoms with Crippen LogP contribution in [0.15, 0.2) is 59.9 Å². The Morgan fingerprint density at radius 3 is 2.90 bits per heavy atom. The molecule has 9 heteroatoms. The normalized spacial score (nSPS) is 16.8. The number of nitrogens with zero attached hydrogens (tertiary/aromatic N) is 4. The number of hydrogen-bond acceptors (Lipinski definition) is 7. The highest BCUT2D eigenvalue weighted by Gasteiger charge is 2.28. The van der Waals surface area contributed by atoms with Gasteiger partial charge >= 0.3 is 0 Å². The zero-order chi connectivity index (χ0) is 20.3. The number of nitrogens with one attached hydrogen (secondary N) is 1. The third kappa shape index (κ3) is 3.82. The minimum absolute atomic E-state index is 0.228. The molecule has 1 aromatic heterocycles. The van der Waals surface area contributed by atoms with Crippen molar-refractivity contribution in [2.75, 3.05) is 6.79 Å². The maximum absolute atomic E-state index is 12.4. The Balaban J connectivity index is 1.13. The number of carbonyl (C=O) groups is 1. The lowest BCUT2D eigenvalue weighted by Crippen LogP contribution is -2.34. The van der Waals surface area contributed by atoms with Crippen LogP contribution in [0.25, 0.3) is 5.69 Å². The summed E-state index contributed by atoms with van der Waals surface area (Å²) in [5, 5.41) is 15.5. The van der Waals surface area contributed by atoms with Crippen molar-refractivity contribution in [2.24, 2.45) is 5.16 Å². The molecule has 0 radical (unpaired) electrons. The van der Waals surface area contributed by atoms with Crippen LogP contribution in [0.2, 0.25) is 0 Å². The van der Waals surface area contributed by atoms with E-state index in [9.17, 15) is 4.79 Å². The third-order valence-corrected chi connectivity index (χ3v) is 4.84. The molecule has 5 rings (SSSR count). The summed E-state index contributed by atoms with van der Waals surface area (Å²) in [5.74, 6) is 1.24. The van der Waals surface area contributed by atoms with Gasteiger partial charge in [0.2, 0.25) is 12.9 Å². The van der Waals surface area contributed by atoms with E-state index in [-0.39, 0.29) is 19.2 Å². The summed E-state index contributed by atoms with van der Waals surface area (Å²) >= 11 is 0. The average Bonchev–Trinajstić information content (AvgIpc) is 3.53. The van der Waals surface area contributed by atoms with Crippen LogP contribution in [-0.4, -0.2) is 39.5 Å². The number of amides is 1. The Morgan fingerprint density at radius 2 is 2.00 bits per heavy atom. The molecule has 1 unspecified atom stereocenters. The molecule has 0 saturated heterocycles. The van der Waals surface area contributed by atoms with Crippen molar-refractivity contribution in [1.29, 1.82) is 0 Å². The predicted octanol–water partition coefficient (Wildman–Crippen LogP) is 2.00. The summed E-state index contributed by atoms with van der Waals surface area (Å²) in [6, 6.07) is 15.3. The number of hydrogen-bond donors (Lipinski definition) is 1. The third-order valence-electron chi connectivity index (χ3n) is 4.84. The van der Waals surface area contributed by atoms with Gasteiger partial charge in [-0.3, -0.25) is 4.79 Å². The fraction of sp³-hybridized carbons (Fsp3) is 0.238. The van der Waals surface area contributed by atoms with E-state index in [2.05, 4.69) is 20.7 Å². The fourth-order valence-electron chi connectivity index (χ4n) is 3.31. The van der Waals surface area contributed by atoms with Crippen LogP contribution < -0.4 is 14.8 Å². The number of oxime groups is 1. The molecule has 0 aliphatic carbocycles. The average molecular weight is 405 g/mol. The van der Waals surface area contributed by atoms with E-state index in [1.165, 1.54) is 4.80 Å². The standard InChI is InChI=1S/C21H19N5O4/c27-21(22-11-16-12-23-26(24-16)17-4-2-1-3-5-17)20-10-15(25-30-20)8-14-6-7-18-19(9-14)29-13-28-18/h1-7,9,12,20H,8,10-11,13H2,(H,22,27). The van der Waals surface area contributed by atoms with Gasteiger partial charge in [0, 0.05) is 12.8 Å². The quantitative estimate of drug-likeness (QED) is 0.673. The molecule has 30 heavy (non-hydrogen) atoms. The number of rotatable bonds is 6. The predicted molar refractivity (Wildman–Crippen MR) is 106 cm³/mol. The van der Waals surface area contributed by atoms with Gasteiger partial charge in [-0.25, -0.2) is 0 Å². The first kappa shape index (κ1) is 18.2. The summed E-state index contributed by atoms with van der Waals surface area (Å²) in [5.41, 5.74) is 3.35. The van der Waals surface area contributed by atoms with E-state index in [4.69, 9.17) is 14.3 Å². The number of aromatic nitrogens is 3. The van der Waals surface area contributed by atoms with Crippen molar-refractivity contribution in [3.63, 3.8) is 0 Å². The number of ether oxygens (including phenoxy) is 2. The molecule has 0 fully saturated rings. The van der Waals surface area contributed by atoms with Crippen molar-refractivity contribution < 1.29 is 19.1 Å². The van der Waals surface area contributed by atoms with E-state index in [1.807, 2.05) is 48.5 Å². The highest BCUT2D eigenvalue weighted by molar-refractivity contribution is 5.94. The highest BCUT2D eigenvalue weighted by Crippen LogP contribution is 2.33. The van der Waals surface area contributed by atoms with Crippen LogP contribution in [0.3, 0.4) is 0 Å². The Hall–Kier alpha value is -3.88. The molecule has 2 aliphatic rings. The topological polar surface area (TPSA) is 99.9 Å². The van der Waals surface area contributed by atoms with E-state index in [0.717, 1.165) is 28.5 Å². The van der Waals surface area contributed by atoms with Gasteiger partial charge in [-0.05, 0) is 29.8 Å². The second-order valence-corrected chi connectivity index (χ2v) is 7.00. The molecule has 3 heterocycles. The summed E-state index contributed by atoms with van der Waals surface area (Å²) < 4.78 is 10.7. The highest BCUT2D eigenvalue weighted by atomic mass is 16.7. The SMILES string of the molecule is O=C(NCc1cnn(-c2ccccc2)n1)C1CC(Cc2ccc3c(c2)OCO3)=NO1. The lowest BCUT2D eigenvalue weighted by Gasteiger charge is -2.08. The second kappa shape index (κ2) is 7.86. The Morgan fingerprint density at radius 1 is 1.13 bits per heavy atom. The van der Waals surface area contributed by atoms with Crippen LogP contribution in [0.5, 0.6) is 11.5 Å². The molecule has 1 amide bonds. The summed E-state index contributed by atoms with van der Waals surface area (Å²) in [4.78, 5) is 19.3. The van der Waals surface area contributed by atoms with Crippen LogP contribution in [-0.2, 0) is 22.6 Å². The largest absolute Gasteiger partial charge is 0.454 e. The van der Waals surface area contributed by atoms with Crippen molar-refractivity contribution in [3.05, 3.63) is 66.0 Å². The molecule has 2 aromatic carbocycles. The van der Waals surface area contributed by atoms with E-state index < -0.39 is 6.10 Å². The van der Waals surface area contributed by atoms with Crippen molar-refractivity contribution in [3.8, 4) is 17.2 Å². The van der Waals surface area contributed by atoms with Gasteiger partial charge in [0.25, 0.3) is 5.91 Å². The zero-order valence-corrected chi connectivity index (χ0v) is 16.0. The van der Waals surface area contributed by atoms with Gasteiger partial charge in [-0.1, -0.05) is 29.4 Å². The molecule has 0 spiro atoms. The zero-order valence-electron chi connectivity index (χ0n) is 16.0.